The molecule has 7 heteroatoms. The lowest BCUT2D eigenvalue weighted by Gasteiger charge is -2.21. The lowest BCUT2D eigenvalue weighted by Crippen LogP contribution is -2.34. The third-order valence-electron chi connectivity index (χ3n) is 2.80. The Morgan fingerprint density at radius 2 is 2.14 bits per heavy atom. The lowest BCUT2D eigenvalue weighted by molar-refractivity contribution is -0.116. The van der Waals surface area contributed by atoms with Crippen LogP contribution in [0.15, 0.2) is 6.07 Å². The van der Waals surface area contributed by atoms with Crippen molar-refractivity contribution in [3.8, 4) is 0 Å². The molecule has 0 aromatic carbocycles. The predicted octanol–water partition coefficient (Wildman–Crippen LogP) is 1.15. The van der Waals surface area contributed by atoms with Crippen LogP contribution in [-0.4, -0.2) is 42.1 Å². The van der Waals surface area contributed by atoms with E-state index in [9.17, 15) is 4.79 Å². The second-order valence-electron chi connectivity index (χ2n) is 4.57. The molecule has 0 aliphatic carbocycles. The van der Waals surface area contributed by atoms with Crippen molar-refractivity contribution in [2.24, 2.45) is 5.73 Å². The Balaban J connectivity index is 3.00. The maximum Gasteiger partial charge on any atom is 0.236 e. The first-order valence-electron chi connectivity index (χ1n) is 7.33. The maximum atomic E-state index is 11.2. The number of anilines is 2. The minimum absolute atomic E-state index is 0.134. The van der Waals surface area contributed by atoms with Crippen LogP contribution < -0.4 is 16.0 Å². The fraction of sp³-hybridized carbons (Fsp3) is 0.643. The fourth-order valence-corrected chi connectivity index (χ4v) is 1.79. The van der Waals surface area contributed by atoms with Gasteiger partial charge < -0.3 is 20.7 Å². The van der Waals surface area contributed by atoms with Crippen molar-refractivity contribution in [1.29, 1.82) is 0 Å². The highest BCUT2D eigenvalue weighted by molar-refractivity contribution is 5.79. The third kappa shape index (κ3) is 5.95. The van der Waals surface area contributed by atoms with Gasteiger partial charge in [0.25, 0.3) is 0 Å². The Hall–Kier alpha value is -1.89. The number of nitrogens with zero attached hydrogens (tertiary/aromatic N) is 3. The summed E-state index contributed by atoms with van der Waals surface area (Å²) < 4.78 is 5.37. The summed E-state index contributed by atoms with van der Waals surface area (Å²) >= 11 is 0. The molecule has 0 aliphatic heterocycles. The number of ether oxygens (including phenoxy) is 1. The van der Waals surface area contributed by atoms with Gasteiger partial charge in [-0.25, -0.2) is 9.97 Å². The number of amides is 1. The van der Waals surface area contributed by atoms with Gasteiger partial charge in [-0.3, -0.25) is 4.79 Å². The Kier molecular flexibility index (Phi) is 7.45. The summed E-state index contributed by atoms with van der Waals surface area (Å²) in [6.45, 7) is 8.51. The molecular weight excluding hydrogens is 270 g/mol. The number of primary amides is 1. The second-order valence-corrected chi connectivity index (χ2v) is 4.57. The molecule has 1 heterocycles. The van der Waals surface area contributed by atoms with E-state index in [-0.39, 0.29) is 12.5 Å². The van der Waals surface area contributed by atoms with E-state index in [0.29, 0.717) is 31.4 Å². The number of hydrogen-bond acceptors (Lipinski definition) is 6. The van der Waals surface area contributed by atoms with Gasteiger partial charge in [-0.2, -0.15) is 0 Å². The molecule has 7 nitrogen and oxygen atoms in total. The van der Waals surface area contributed by atoms with Crippen molar-refractivity contribution >= 4 is 17.5 Å². The van der Waals surface area contributed by atoms with Crippen LogP contribution in [0.5, 0.6) is 0 Å². The molecule has 0 unspecified atom stereocenters. The molecule has 3 N–H and O–H groups in total. The number of rotatable bonds is 10. The molecule has 1 amide bonds. The van der Waals surface area contributed by atoms with Crippen LogP contribution in [0.25, 0.3) is 0 Å². The van der Waals surface area contributed by atoms with Crippen molar-refractivity contribution in [3.05, 3.63) is 11.9 Å². The molecule has 1 aromatic heterocycles. The van der Waals surface area contributed by atoms with E-state index in [4.69, 9.17) is 10.5 Å². The van der Waals surface area contributed by atoms with Gasteiger partial charge in [0.05, 0.1) is 6.54 Å². The van der Waals surface area contributed by atoms with Crippen molar-refractivity contribution in [2.45, 2.75) is 33.8 Å². The molecule has 0 saturated carbocycles. The zero-order valence-electron chi connectivity index (χ0n) is 13.1. The molecule has 0 atom stereocenters. The Labute approximate surface area is 125 Å². The molecule has 0 aliphatic rings. The zero-order chi connectivity index (χ0) is 15.7. The summed E-state index contributed by atoms with van der Waals surface area (Å²) in [5.74, 6) is 1.62. The van der Waals surface area contributed by atoms with Crippen LogP contribution in [0.2, 0.25) is 0 Å². The van der Waals surface area contributed by atoms with Crippen LogP contribution >= 0.6 is 0 Å². The summed E-state index contributed by atoms with van der Waals surface area (Å²) in [5.41, 5.74) is 5.28. The molecular formula is C14H25N5O2. The summed E-state index contributed by atoms with van der Waals surface area (Å²) in [7, 11) is 0. The van der Waals surface area contributed by atoms with Gasteiger partial charge in [-0.05, 0) is 20.3 Å². The number of likely N-dealkylation sites (N-methyl/N-ethyl adjacent to an activating group) is 1. The van der Waals surface area contributed by atoms with E-state index >= 15 is 0 Å². The van der Waals surface area contributed by atoms with Crippen molar-refractivity contribution in [1.82, 2.24) is 9.97 Å². The number of hydrogen-bond donors (Lipinski definition) is 2. The molecule has 118 valence electrons. The quantitative estimate of drug-likeness (QED) is 0.672. The van der Waals surface area contributed by atoms with Gasteiger partial charge in [0.15, 0.2) is 5.82 Å². The highest BCUT2D eigenvalue weighted by Gasteiger charge is 2.12. The molecule has 1 aromatic rings. The van der Waals surface area contributed by atoms with E-state index in [1.807, 2.05) is 24.8 Å². The summed E-state index contributed by atoms with van der Waals surface area (Å²) in [4.78, 5) is 21.8. The topological polar surface area (TPSA) is 93.4 Å². The van der Waals surface area contributed by atoms with Gasteiger partial charge >= 0.3 is 0 Å². The molecule has 0 bridgehead atoms. The first kappa shape index (κ1) is 17.2. The Morgan fingerprint density at radius 1 is 1.38 bits per heavy atom. The van der Waals surface area contributed by atoms with Gasteiger partial charge in [-0.15, -0.1) is 0 Å². The highest BCUT2D eigenvalue weighted by Crippen LogP contribution is 2.16. The average molecular weight is 295 g/mol. The predicted molar refractivity (Wildman–Crippen MR) is 83.2 cm³/mol. The van der Waals surface area contributed by atoms with Crippen molar-refractivity contribution in [3.63, 3.8) is 0 Å². The van der Waals surface area contributed by atoms with Crippen molar-refractivity contribution < 1.29 is 9.53 Å². The molecule has 0 fully saturated rings. The van der Waals surface area contributed by atoms with Crippen LogP contribution in [-0.2, 0) is 16.1 Å². The van der Waals surface area contributed by atoms with E-state index in [2.05, 4.69) is 22.2 Å². The summed E-state index contributed by atoms with van der Waals surface area (Å²) in [6, 6.07) is 1.83. The molecule has 1 rings (SSSR count). The van der Waals surface area contributed by atoms with E-state index < -0.39 is 0 Å². The Morgan fingerprint density at radius 3 is 2.71 bits per heavy atom. The highest BCUT2D eigenvalue weighted by atomic mass is 16.5. The lowest BCUT2D eigenvalue weighted by atomic mass is 10.4. The van der Waals surface area contributed by atoms with Gasteiger partial charge in [0.2, 0.25) is 5.91 Å². The third-order valence-corrected chi connectivity index (χ3v) is 2.80. The largest absolute Gasteiger partial charge is 0.374 e. The average Bonchev–Trinajstić information content (AvgIpc) is 2.48. The van der Waals surface area contributed by atoms with Crippen molar-refractivity contribution in [2.75, 3.05) is 36.5 Å². The number of nitrogens with two attached hydrogens (primary N) is 1. The number of aromatic nitrogens is 2. The number of nitrogens with one attached hydrogen (secondary N) is 1. The minimum atomic E-state index is -0.384. The minimum Gasteiger partial charge on any atom is -0.374 e. The van der Waals surface area contributed by atoms with E-state index in [1.54, 1.807) is 0 Å². The second kappa shape index (κ2) is 9.12. The molecule has 21 heavy (non-hydrogen) atoms. The van der Waals surface area contributed by atoms with Crippen LogP contribution in [0.1, 0.15) is 33.0 Å². The SMILES string of the molecule is CCCNc1cc(N(CC)CC(N)=O)nc(COCC)n1. The fourth-order valence-electron chi connectivity index (χ4n) is 1.79. The normalized spacial score (nSPS) is 10.4. The molecule has 0 spiro atoms. The van der Waals surface area contributed by atoms with Gasteiger partial charge in [0.1, 0.15) is 18.2 Å². The first-order chi connectivity index (χ1) is 10.1. The summed E-state index contributed by atoms with van der Waals surface area (Å²) in [6.07, 6.45) is 0.999. The van der Waals surface area contributed by atoms with Crippen LogP contribution in [0, 0.1) is 0 Å². The standard InChI is InChI=1S/C14H25N5O2/c1-4-7-16-12-8-14(19(5-2)9-11(15)20)18-13(17-12)10-21-6-3/h8H,4-7,9-10H2,1-3H3,(H2,15,20)(H,16,17,18). The van der Waals surface area contributed by atoms with Gasteiger partial charge in [0, 0.05) is 25.8 Å². The monoisotopic (exact) mass is 295 g/mol. The molecule has 0 saturated heterocycles. The van der Waals surface area contributed by atoms with Crippen LogP contribution in [0.3, 0.4) is 0 Å². The van der Waals surface area contributed by atoms with Crippen LogP contribution in [0.4, 0.5) is 11.6 Å². The first-order valence-corrected chi connectivity index (χ1v) is 7.33. The summed E-state index contributed by atoms with van der Waals surface area (Å²) in [5, 5.41) is 3.23. The van der Waals surface area contributed by atoms with E-state index in [1.165, 1.54) is 0 Å². The maximum absolute atomic E-state index is 11.2. The number of carbonyl (C=O) groups is 1. The Bertz CT molecular complexity index is 427. The molecule has 0 radical (unpaired) electrons. The smallest absolute Gasteiger partial charge is 0.236 e. The van der Waals surface area contributed by atoms with E-state index in [0.717, 1.165) is 18.8 Å². The van der Waals surface area contributed by atoms with Gasteiger partial charge in [-0.1, -0.05) is 6.92 Å². The zero-order valence-corrected chi connectivity index (χ0v) is 13.1. The number of carbonyl (C=O) groups excluding carboxylic acids is 1.